The van der Waals surface area contributed by atoms with Gasteiger partial charge in [-0.05, 0) is 19.1 Å². The summed E-state index contributed by atoms with van der Waals surface area (Å²) in [6, 6.07) is 4.44. The molecular weight excluding hydrogens is 274 g/mol. The number of carbonyl (C=O) groups excluding carboxylic acids is 1. The van der Waals surface area contributed by atoms with E-state index in [1.807, 2.05) is 0 Å². The molecule has 0 heterocycles. The van der Waals surface area contributed by atoms with Crippen molar-refractivity contribution >= 4 is 21.9 Å². The lowest BCUT2D eigenvalue weighted by Crippen LogP contribution is -2.17. The van der Waals surface area contributed by atoms with Crippen LogP contribution < -0.4 is 5.73 Å². The van der Waals surface area contributed by atoms with Gasteiger partial charge in [0.1, 0.15) is 5.75 Å². The highest BCUT2D eigenvalue weighted by molar-refractivity contribution is 9.10. The number of phenols is 1. The smallest absolute Gasteiger partial charge is 0.307 e. The number of ether oxygens (including phenoxy) is 1. The molecule has 0 spiro atoms. The second kappa shape index (κ2) is 5.86. The monoisotopic (exact) mass is 287 g/mol. The molecule has 0 aliphatic carbocycles. The molecule has 0 saturated heterocycles. The highest BCUT2D eigenvalue weighted by Gasteiger charge is 2.15. The van der Waals surface area contributed by atoms with Crippen LogP contribution >= 0.6 is 15.9 Å². The second-order valence-electron chi connectivity index (χ2n) is 3.32. The normalized spacial score (nSPS) is 12.2. The first kappa shape index (κ1) is 13.0. The molecule has 88 valence electrons. The third kappa shape index (κ3) is 3.50. The zero-order chi connectivity index (χ0) is 12.1. The van der Waals surface area contributed by atoms with E-state index in [0.717, 1.165) is 4.47 Å². The van der Waals surface area contributed by atoms with E-state index < -0.39 is 6.04 Å². The summed E-state index contributed by atoms with van der Waals surface area (Å²) in [7, 11) is 0. The standard InChI is InChI=1S/C11H14BrNO3/c1-2-16-11(15)6-9(13)8-4-3-7(12)5-10(8)14/h3-5,9,14H,2,6,13H2,1H3/t9-/m0/s1. The highest BCUT2D eigenvalue weighted by atomic mass is 79.9. The van der Waals surface area contributed by atoms with Gasteiger partial charge in [-0.3, -0.25) is 4.79 Å². The molecule has 0 unspecified atom stereocenters. The first-order valence-electron chi connectivity index (χ1n) is 4.94. The maximum Gasteiger partial charge on any atom is 0.307 e. The van der Waals surface area contributed by atoms with Crippen LogP contribution in [0.5, 0.6) is 5.75 Å². The van der Waals surface area contributed by atoms with Gasteiger partial charge >= 0.3 is 5.97 Å². The van der Waals surface area contributed by atoms with Crippen LogP contribution in [0.1, 0.15) is 24.9 Å². The Hall–Kier alpha value is -1.07. The van der Waals surface area contributed by atoms with Crippen LogP contribution in [0.4, 0.5) is 0 Å². The summed E-state index contributed by atoms with van der Waals surface area (Å²) in [6.45, 7) is 2.07. The van der Waals surface area contributed by atoms with E-state index in [-0.39, 0.29) is 18.1 Å². The predicted molar refractivity (Wildman–Crippen MR) is 64.0 cm³/mol. The number of benzene rings is 1. The molecule has 5 heteroatoms. The van der Waals surface area contributed by atoms with Crippen molar-refractivity contribution in [2.45, 2.75) is 19.4 Å². The number of hydrogen-bond acceptors (Lipinski definition) is 4. The molecule has 1 rings (SSSR count). The number of phenolic OH excluding ortho intramolecular Hbond substituents is 1. The summed E-state index contributed by atoms with van der Waals surface area (Å²) >= 11 is 3.23. The van der Waals surface area contributed by atoms with Crippen LogP contribution in [0.25, 0.3) is 0 Å². The summed E-state index contributed by atoms with van der Waals surface area (Å²) in [5.41, 5.74) is 6.34. The molecule has 16 heavy (non-hydrogen) atoms. The average molecular weight is 288 g/mol. The molecule has 1 atom stereocenters. The molecule has 0 fully saturated rings. The molecular formula is C11H14BrNO3. The average Bonchev–Trinajstić information content (AvgIpc) is 2.17. The Balaban J connectivity index is 2.72. The van der Waals surface area contributed by atoms with Crippen molar-refractivity contribution in [3.63, 3.8) is 0 Å². The molecule has 0 aromatic heterocycles. The van der Waals surface area contributed by atoms with Crippen LogP contribution in [-0.4, -0.2) is 17.7 Å². The van der Waals surface area contributed by atoms with Crippen molar-refractivity contribution in [1.29, 1.82) is 0 Å². The van der Waals surface area contributed by atoms with Crippen molar-refractivity contribution < 1.29 is 14.6 Å². The quantitative estimate of drug-likeness (QED) is 0.832. The molecule has 0 aliphatic rings. The van der Waals surface area contributed by atoms with Gasteiger partial charge in [-0.15, -0.1) is 0 Å². The number of aromatic hydroxyl groups is 1. The first-order chi connectivity index (χ1) is 7.54. The molecule has 0 amide bonds. The number of halogens is 1. The zero-order valence-electron chi connectivity index (χ0n) is 8.94. The van der Waals surface area contributed by atoms with E-state index in [0.29, 0.717) is 12.2 Å². The Bertz CT molecular complexity index is 381. The van der Waals surface area contributed by atoms with Crippen molar-refractivity contribution in [2.24, 2.45) is 5.73 Å². The van der Waals surface area contributed by atoms with Crippen LogP contribution in [0.15, 0.2) is 22.7 Å². The van der Waals surface area contributed by atoms with E-state index in [4.69, 9.17) is 10.5 Å². The van der Waals surface area contributed by atoms with Gasteiger partial charge in [0.25, 0.3) is 0 Å². The fraction of sp³-hybridized carbons (Fsp3) is 0.364. The van der Waals surface area contributed by atoms with Crippen LogP contribution in [0.2, 0.25) is 0 Å². The molecule has 3 N–H and O–H groups in total. The fourth-order valence-corrected chi connectivity index (χ4v) is 1.69. The Labute approximate surface area is 103 Å². The lowest BCUT2D eigenvalue weighted by Gasteiger charge is -2.12. The lowest BCUT2D eigenvalue weighted by molar-refractivity contribution is -0.143. The summed E-state index contributed by atoms with van der Waals surface area (Å²) in [5.74, 6) is -0.288. The number of rotatable bonds is 4. The van der Waals surface area contributed by atoms with Crippen molar-refractivity contribution in [3.8, 4) is 5.75 Å². The first-order valence-corrected chi connectivity index (χ1v) is 5.73. The summed E-state index contributed by atoms with van der Waals surface area (Å²) in [4.78, 5) is 11.2. The minimum atomic E-state index is -0.549. The molecule has 1 aromatic carbocycles. The Morgan fingerprint density at radius 3 is 2.88 bits per heavy atom. The van der Waals surface area contributed by atoms with Crippen LogP contribution in [-0.2, 0) is 9.53 Å². The molecule has 1 aromatic rings. The minimum absolute atomic E-state index is 0.0586. The maximum absolute atomic E-state index is 11.2. The van der Waals surface area contributed by atoms with Gasteiger partial charge in [-0.2, -0.15) is 0 Å². The fourth-order valence-electron chi connectivity index (χ4n) is 1.34. The van der Waals surface area contributed by atoms with Gasteiger partial charge in [0.15, 0.2) is 0 Å². The SMILES string of the molecule is CCOC(=O)C[C@H](N)c1ccc(Br)cc1O. The molecule has 0 aliphatic heterocycles. The van der Waals surface area contributed by atoms with Crippen molar-refractivity contribution in [2.75, 3.05) is 6.61 Å². The Morgan fingerprint density at radius 1 is 1.62 bits per heavy atom. The summed E-state index contributed by atoms with van der Waals surface area (Å²) < 4.78 is 5.55. The zero-order valence-corrected chi connectivity index (χ0v) is 10.5. The topological polar surface area (TPSA) is 72.5 Å². The Kier molecular flexibility index (Phi) is 4.76. The molecule has 0 saturated carbocycles. The van der Waals surface area contributed by atoms with E-state index >= 15 is 0 Å². The Morgan fingerprint density at radius 2 is 2.31 bits per heavy atom. The van der Waals surface area contributed by atoms with E-state index in [9.17, 15) is 9.90 Å². The van der Waals surface area contributed by atoms with Gasteiger partial charge in [0, 0.05) is 16.1 Å². The molecule has 0 radical (unpaired) electrons. The molecule has 4 nitrogen and oxygen atoms in total. The van der Waals surface area contributed by atoms with Crippen molar-refractivity contribution in [1.82, 2.24) is 0 Å². The third-order valence-electron chi connectivity index (χ3n) is 2.08. The third-order valence-corrected chi connectivity index (χ3v) is 2.58. The second-order valence-corrected chi connectivity index (χ2v) is 4.23. The highest BCUT2D eigenvalue weighted by Crippen LogP contribution is 2.28. The number of hydrogen-bond donors (Lipinski definition) is 2. The van der Waals surface area contributed by atoms with Gasteiger partial charge in [0.2, 0.25) is 0 Å². The number of esters is 1. The summed E-state index contributed by atoms with van der Waals surface area (Å²) in [5, 5.41) is 9.64. The van der Waals surface area contributed by atoms with Crippen LogP contribution in [0, 0.1) is 0 Å². The van der Waals surface area contributed by atoms with E-state index in [1.54, 1.807) is 25.1 Å². The minimum Gasteiger partial charge on any atom is -0.508 e. The van der Waals surface area contributed by atoms with Gasteiger partial charge in [-0.1, -0.05) is 22.0 Å². The van der Waals surface area contributed by atoms with Gasteiger partial charge < -0.3 is 15.6 Å². The molecule has 0 bridgehead atoms. The van der Waals surface area contributed by atoms with E-state index in [1.165, 1.54) is 0 Å². The predicted octanol–water partition coefficient (Wildman–Crippen LogP) is 2.11. The largest absolute Gasteiger partial charge is 0.508 e. The summed E-state index contributed by atoms with van der Waals surface area (Å²) in [6.07, 6.45) is 0.0586. The van der Waals surface area contributed by atoms with Gasteiger partial charge in [-0.25, -0.2) is 0 Å². The maximum atomic E-state index is 11.2. The number of carbonyl (C=O) groups is 1. The van der Waals surface area contributed by atoms with E-state index in [2.05, 4.69) is 15.9 Å². The number of nitrogens with two attached hydrogens (primary N) is 1. The van der Waals surface area contributed by atoms with Gasteiger partial charge in [0.05, 0.1) is 13.0 Å². The van der Waals surface area contributed by atoms with Crippen molar-refractivity contribution in [3.05, 3.63) is 28.2 Å². The van der Waals surface area contributed by atoms with Crippen LogP contribution in [0.3, 0.4) is 0 Å². The lowest BCUT2D eigenvalue weighted by atomic mass is 10.0.